The highest BCUT2D eigenvalue weighted by atomic mass is 16.5. The first-order chi connectivity index (χ1) is 7.33. The second-order valence-corrected chi connectivity index (χ2v) is 3.04. The molecule has 0 aromatic heterocycles. The van der Waals surface area contributed by atoms with Crippen LogP contribution in [0.1, 0.15) is 5.56 Å². The second-order valence-electron chi connectivity index (χ2n) is 3.04. The van der Waals surface area contributed by atoms with Gasteiger partial charge in [0.2, 0.25) is 0 Å². The number of hydrogen-bond acceptors (Lipinski definition) is 4. The molecule has 0 unspecified atom stereocenters. The zero-order valence-electron chi connectivity index (χ0n) is 8.31. The fraction of sp³-hybridized carbons (Fsp3) is 0.273. The van der Waals surface area contributed by atoms with Crippen molar-refractivity contribution in [2.24, 2.45) is 0 Å². The maximum atomic E-state index is 9.84. The Morgan fingerprint density at radius 3 is 2.27 bits per heavy atom. The number of carbonyl (C=O) groups excluding carboxylic acids is 2. The van der Waals surface area contributed by atoms with Gasteiger partial charge >= 0.3 is 0 Å². The van der Waals surface area contributed by atoms with Crippen molar-refractivity contribution in [3.63, 3.8) is 0 Å². The van der Waals surface area contributed by atoms with E-state index in [1.54, 1.807) is 0 Å². The van der Waals surface area contributed by atoms with Crippen molar-refractivity contribution in [2.75, 3.05) is 13.1 Å². The van der Waals surface area contributed by atoms with Gasteiger partial charge in [0.25, 0.3) is 6.47 Å². The maximum absolute atomic E-state index is 9.84. The highest BCUT2D eigenvalue weighted by Gasteiger charge is 2.07. The van der Waals surface area contributed by atoms with Crippen LogP contribution in [0.4, 0.5) is 0 Å². The summed E-state index contributed by atoms with van der Waals surface area (Å²) < 4.78 is 4.54. The highest BCUT2D eigenvalue weighted by Crippen LogP contribution is 1.98. The van der Waals surface area contributed by atoms with Crippen LogP contribution in [0.2, 0.25) is 0 Å². The van der Waals surface area contributed by atoms with Gasteiger partial charge in [-0.05, 0) is 5.56 Å². The predicted octanol–water partition coefficient (Wildman–Crippen LogP) is 0.518. The van der Waals surface area contributed by atoms with Gasteiger partial charge in [0, 0.05) is 0 Å². The lowest BCUT2D eigenvalue weighted by molar-refractivity contribution is -0.129. The van der Waals surface area contributed by atoms with Gasteiger partial charge in [-0.2, -0.15) is 0 Å². The summed E-state index contributed by atoms with van der Waals surface area (Å²) >= 11 is 0. The molecule has 1 saturated heterocycles. The Bertz CT molecular complexity index is 305. The average molecular weight is 207 g/mol. The second kappa shape index (κ2) is 6.73. The largest absolute Gasteiger partial charge is 0.463 e. The molecule has 1 aromatic carbocycles. The van der Waals surface area contributed by atoms with E-state index >= 15 is 0 Å². The molecule has 1 fully saturated rings. The van der Waals surface area contributed by atoms with Gasteiger partial charge in [0.05, 0.1) is 13.1 Å². The van der Waals surface area contributed by atoms with Crippen LogP contribution in [0.3, 0.4) is 0 Å². The number of benzene rings is 1. The van der Waals surface area contributed by atoms with Crippen LogP contribution in [0.15, 0.2) is 30.3 Å². The van der Waals surface area contributed by atoms with Crippen molar-refractivity contribution >= 4 is 12.3 Å². The van der Waals surface area contributed by atoms with Gasteiger partial charge in [-0.3, -0.25) is 9.59 Å². The summed E-state index contributed by atoms with van der Waals surface area (Å²) in [4.78, 5) is 19.6. The van der Waals surface area contributed by atoms with Crippen LogP contribution in [0.25, 0.3) is 0 Å². The van der Waals surface area contributed by atoms with E-state index in [1.165, 1.54) is 0 Å². The summed E-state index contributed by atoms with van der Waals surface area (Å²) in [6.07, 6.45) is 0. The van der Waals surface area contributed by atoms with Crippen molar-refractivity contribution in [1.29, 1.82) is 0 Å². The number of carbonyl (C=O) groups is 2. The lowest BCUT2D eigenvalue weighted by Crippen LogP contribution is -2.42. The quantitative estimate of drug-likeness (QED) is 0.734. The molecule has 4 nitrogen and oxygen atoms in total. The van der Waals surface area contributed by atoms with E-state index in [-0.39, 0.29) is 0 Å². The number of ether oxygens (including phenoxy) is 1. The average Bonchev–Trinajstić information content (AvgIpc) is 2.26. The fourth-order valence-corrected chi connectivity index (χ4v) is 0.932. The van der Waals surface area contributed by atoms with Gasteiger partial charge in [0.15, 0.2) is 5.78 Å². The first-order valence-electron chi connectivity index (χ1n) is 4.64. The molecular weight excluding hydrogens is 194 g/mol. The molecular formula is C11H13NO3. The zero-order chi connectivity index (χ0) is 10.9. The molecule has 0 bridgehead atoms. The van der Waals surface area contributed by atoms with Crippen LogP contribution < -0.4 is 5.32 Å². The summed E-state index contributed by atoms with van der Waals surface area (Å²) in [5, 5.41) is 2.81. The Labute approximate surface area is 88.2 Å². The monoisotopic (exact) mass is 207 g/mol. The SMILES string of the molecule is O=C1CNC1.O=COCc1ccccc1. The first kappa shape index (κ1) is 11.4. The number of ketones is 1. The normalized spacial score (nSPS) is 13.2. The van der Waals surface area contributed by atoms with E-state index in [2.05, 4.69) is 10.1 Å². The van der Waals surface area contributed by atoms with Crippen LogP contribution in [0, 0.1) is 0 Å². The number of rotatable bonds is 3. The van der Waals surface area contributed by atoms with E-state index in [0.29, 0.717) is 32.0 Å². The molecule has 80 valence electrons. The molecule has 2 rings (SSSR count). The lowest BCUT2D eigenvalue weighted by Gasteiger charge is -2.08. The van der Waals surface area contributed by atoms with E-state index < -0.39 is 0 Å². The van der Waals surface area contributed by atoms with Gasteiger partial charge in [0.1, 0.15) is 6.61 Å². The van der Waals surface area contributed by atoms with Crippen LogP contribution in [-0.4, -0.2) is 25.3 Å². The third-order valence-electron chi connectivity index (χ3n) is 1.81. The minimum absolute atomic E-state index is 0.324. The standard InChI is InChI=1S/C8H8O2.C3H5NO/c9-7-10-6-8-4-2-1-3-5-8;5-3-1-4-2-3/h1-5,7H,6H2;4H,1-2H2. The van der Waals surface area contributed by atoms with Crippen LogP contribution in [-0.2, 0) is 20.9 Å². The number of nitrogens with one attached hydrogen (secondary N) is 1. The minimum Gasteiger partial charge on any atom is -0.463 e. The Kier molecular flexibility index (Phi) is 5.11. The van der Waals surface area contributed by atoms with Gasteiger partial charge < -0.3 is 10.1 Å². The molecule has 1 aliphatic rings. The van der Waals surface area contributed by atoms with Crippen molar-refractivity contribution < 1.29 is 14.3 Å². The summed E-state index contributed by atoms with van der Waals surface area (Å²) in [5.74, 6) is 0.324. The van der Waals surface area contributed by atoms with E-state index in [1.807, 2.05) is 30.3 Å². The Balaban J connectivity index is 0.000000187. The van der Waals surface area contributed by atoms with Gasteiger partial charge in [-0.15, -0.1) is 0 Å². The molecule has 0 atom stereocenters. The lowest BCUT2D eigenvalue weighted by atomic mass is 10.2. The Hall–Kier alpha value is -1.68. The Morgan fingerprint density at radius 2 is 1.87 bits per heavy atom. The molecule has 0 amide bonds. The molecule has 0 radical (unpaired) electrons. The van der Waals surface area contributed by atoms with Crippen LogP contribution in [0.5, 0.6) is 0 Å². The fourth-order valence-electron chi connectivity index (χ4n) is 0.932. The van der Waals surface area contributed by atoms with Crippen LogP contribution >= 0.6 is 0 Å². The molecule has 1 aromatic rings. The van der Waals surface area contributed by atoms with E-state index in [0.717, 1.165) is 5.56 Å². The molecule has 15 heavy (non-hydrogen) atoms. The molecule has 0 spiro atoms. The van der Waals surface area contributed by atoms with Crippen molar-refractivity contribution in [1.82, 2.24) is 5.32 Å². The number of Topliss-reactive ketones (excluding diaryl/α,β-unsaturated/α-hetero) is 1. The van der Waals surface area contributed by atoms with Crippen molar-refractivity contribution in [2.45, 2.75) is 6.61 Å². The predicted molar refractivity (Wildman–Crippen MR) is 55.2 cm³/mol. The summed E-state index contributed by atoms with van der Waals surface area (Å²) in [7, 11) is 0. The van der Waals surface area contributed by atoms with E-state index in [9.17, 15) is 9.59 Å². The Morgan fingerprint density at radius 1 is 1.27 bits per heavy atom. The van der Waals surface area contributed by atoms with Gasteiger partial charge in [-0.1, -0.05) is 30.3 Å². The molecule has 0 saturated carbocycles. The molecule has 0 aliphatic carbocycles. The summed E-state index contributed by atoms with van der Waals surface area (Å²) in [5.41, 5.74) is 1.01. The first-order valence-corrected chi connectivity index (χ1v) is 4.64. The van der Waals surface area contributed by atoms with E-state index in [4.69, 9.17) is 0 Å². The van der Waals surface area contributed by atoms with Crippen molar-refractivity contribution in [3.8, 4) is 0 Å². The summed E-state index contributed by atoms with van der Waals surface area (Å²) in [6.45, 7) is 2.01. The minimum atomic E-state index is 0.324. The molecule has 1 aliphatic heterocycles. The molecule has 4 heteroatoms. The van der Waals surface area contributed by atoms with Gasteiger partial charge in [-0.25, -0.2) is 0 Å². The molecule has 1 N–H and O–H groups in total. The third-order valence-corrected chi connectivity index (χ3v) is 1.81. The zero-order valence-corrected chi connectivity index (χ0v) is 8.31. The maximum Gasteiger partial charge on any atom is 0.293 e. The topological polar surface area (TPSA) is 55.4 Å². The third kappa shape index (κ3) is 4.93. The highest BCUT2D eigenvalue weighted by molar-refractivity contribution is 5.87. The van der Waals surface area contributed by atoms with Crippen molar-refractivity contribution in [3.05, 3.63) is 35.9 Å². The number of hydrogen-bond donors (Lipinski definition) is 1. The summed E-state index contributed by atoms with van der Waals surface area (Å²) in [6, 6.07) is 9.55. The smallest absolute Gasteiger partial charge is 0.293 e. The molecule has 1 heterocycles.